The molecule has 0 bridgehead atoms. The summed E-state index contributed by atoms with van der Waals surface area (Å²) in [5.41, 5.74) is 0.728. The number of nitrogens with zero attached hydrogens (tertiary/aromatic N) is 4. The number of aromatic nitrogens is 2. The lowest BCUT2D eigenvalue weighted by molar-refractivity contribution is -0.119. The van der Waals surface area contributed by atoms with E-state index in [9.17, 15) is 13.6 Å². The third-order valence-electron chi connectivity index (χ3n) is 5.41. The molecule has 3 heterocycles. The minimum Gasteiger partial charge on any atom is -0.487 e. The predicted octanol–water partition coefficient (Wildman–Crippen LogP) is 3.93. The van der Waals surface area contributed by atoms with E-state index in [1.54, 1.807) is 7.05 Å². The van der Waals surface area contributed by atoms with Crippen molar-refractivity contribution < 1.29 is 18.3 Å². The lowest BCUT2D eigenvalue weighted by Crippen LogP contribution is -2.40. The van der Waals surface area contributed by atoms with Crippen molar-refractivity contribution >= 4 is 29.1 Å². The van der Waals surface area contributed by atoms with Crippen LogP contribution in [0.3, 0.4) is 0 Å². The molecule has 6 nitrogen and oxygen atoms in total. The molecule has 29 heavy (non-hydrogen) atoms. The molecule has 0 aliphatic carbocycles. The number of ether oxygens (including phenoxy) is 1. The first-order chi connectivity index (χ1) is 13.8. The van der Waals surface area contributed by atoms with Crippen LogP contribution < -0.4 is 14.5 Å². The van der Waals surface area contributed by atoms with Gasteiger partial charge in [0, 0.05) is 51.4 Å². The fourth-order valence-corrected chi connectivity index (χ4v) is 3.99. The molecule has 2 aliphatic rings. The average Bonchev–Trinajstić information content (AvgIpc) is 2.69. The quantitative estimate of drug-likeness (QED) is 0.750. The zero-order valence-corrected chi connectivity index (χ0v) is 16.9. The summed E-state index contributed by atoms with van der Waals surface area (Å²) in [7, 11) is 1.69. The van der Waals surface area contributed by atoms with Gasteiger partial charge < -0.3 is 9.64 Å². The molecular formula is C20H21ClF2N4O2. The molecule has 1 amide bonds. The Labute approximate surface area is 172 Å². The molecule has 0 N–H and O–H groups in total. The molecule has 0 radical (unpaired) electrons. The number of amides is 1. The van der Waals surface area contributed by atoms with Crippen molar-refractivity contribution in [1.82, 2.24) is 9.97 Å². The molecule has 1 aromatic carbocycles. The second-order valence-corrected chi connectivity index (χ2v) is 7.84. The van der Waals surface area contributed by atoms with Gasteiger partial charge in [-0.2, -0.15) is 0 Å². The Morgan fingerprint density at radius 2 is 1.90 bits per heavy atom. The molecule has 1 fully saturated rings. The van der Waals surface area contributed by atoms with Crippen molar-refractivity contribution in [2.75, 3.05) is 29.9 Å². The van der Waals surface area contributed by atoms with Gasteiger partial charge in [-0.3, -0.25) is 9.69 Å². The maximum absolute atomic E-state index is 13.8. The number of rotatable bonds is 3. The van der Waals surface area contributed by atoms with E-state index in [1.165, 1.54) is 17.0 Å². The van der Waals surface area contributed by atoms with Crippen molar-refractivity contribution in [3.63, 3.8) is 0 Å². The summed E-state index contributed by atoms with van der Waals surface area (Å²) < 4.78 is 32.6. The van der Waals surface area contributed by atoms with Crippen LogP contribution in [0.4, 0.5) is 20.4 Å². The van der Waals surface area contributed by atoms with E-state index in [1.807, 2.05) is 11.8 Å². The first kappa shape index (κ1) is 19.8. The molecule has 0 spiro atoms. The summed E-state index contributed by atoms with van der Waals surface area (Å²) in [4.78, 5) is 24.8. The molecule has 2 aromatic rings. The summed E-state index contributed by atoms with van der Waals surface area (Å²) in [6.45, 7) is 3.12. The number of halogens is 3. The van der Waals surface area contributed by atoms with Gasteiger partial charge in [-0.15, -0.1) is 0 Å². The molecule has 9 heteroatoms. The second kappa shape index (κ2) is 7.74. The third-order valence-corrected chi connectivity index (χ3v) is 5.67. The molecule has 1 atom stereocenters. The number of carbonyl (C=O) groups excluding carboxylic acids is 1. The molecule has 4 rings (SSSR count). The molecule has 154 valence electrons. The number of piperidine rings is 1. The van der Waals surface area contributed by atoms with Crippen LogP contribution in [-0.2, 0) is 4.79 Å². The highest BCUT2D eigenvalue weighted by molar-refractivity contribution is 6.31. The summed E-state index contributed by atoms with van der Waals surface area (Å²) in [6.07, 6.45) is 1.44. The van der Waals surface area contributed by atoms with Crippen LogP contribution in [-0.4, -0.2) is 42.1 Å². The highest BCUT2D eigenvalue weighted by Gasteiger charge is 2.32. The Morgan fingerprint density at radius 3 is 2.59 bits per heavy atom. The van der Waals surface area contributed by atoms with Crippen molar-refractivity contribution in [1.29, 1.82) is 0 Å². The molecule has 0 saturated carbocycles. The largest absolute Gasteiger partial charge is 0.487 e. The number of hydrogen-bond donors (Lipinski definition) is 0. The number of carbonyl (C=O) groups is 1. The van der Waals surface area contributed by atoms with Crippen LogP contribution in [0.2, 0.25) is 5.15 Å². The van der Waals surface area contributed by atoms with Gasteiger partial charge in [-0.25, -0.2) is 18.7 Å². The van der Waals surface area contributed by atoms with Crippen molar-refractivity contribution in [2.24, 2.45) is 0 Å². The number of fused-ring (bicyclic) bond motifs is 1. The highest BCUT2D eigenvalue weighted by Crippen LogP contribution is 2.37. The number of benzene rings is 1. The van der Waals surface area contributed by atoms with Gasteiger partial charge in [-0.1, -0.05) is 18.5 Å². The van der Waals surface area contributed by atoms with Crippen molar-refractivity contribution in [3.8, 4) is 5.75 Å². The van der Waals surface area contributed by atoms with E-state index in [0.29, 0.717) is 49.1 Å². The van der Waals surface area contributed by atoms with Crippen LogP contribution in [0.5, 0.6) is 5.75 Å². The SMILES string of the molecule is CC1CC(=O)N(C)c2nc(N3CCC(Oc4ccc(F)cc4F)CC3)c(Cl)nc21. The smallest absolute Gasteiger partial charge is 0.228 e. The van der Waals surface area contributed by atoms with Crippen molar-refractivity contribution in [3.05, 3.63) is 40.7 Å². The van der Waals surface area contributed by atoms with E-state index >= 15 is 0 Å². The third kappa shape index (κ3) is 3.85. The fourth-order valence-electron chi connectivity index (χ4n) is 3.74. The minimum atomic E-state index is -0.710. The zero-order valence-electron chi connectivity index (χ0n) is 16.2. The maximum Gasteiger partial charge on any atom is 0.228 e. The summed E-state index contributed by atoms with van der Waals surface area (Å²) in [5, 5.41) is 0.308. The normalized spacial score (nSPS) is 20.0. The van der Waals surface area contributed by atoms with Gasteiger partial charge in [-0.05, 0) is 12.1 Å². The first-order valence-corrected chi connectivity index (χ1v) is 9.92. The maximum atomic E-state index is 13.8. The van der Waals surface area contributed by atoms with Gasteiger partial charge >= 0.3 is 0 Å². The Bertz CT molecular complexity index is 950. The van der Waals surface area contributed by atoms with Crippen LogP contribution >= 0.6 is 11.6 Å². The topological polar surface area (TPSA) is 58.6 Å². The van der Waals surface area contributed by atoms with E-state index in [-0.39, 0.29) is 23.7 Å². The minimum absolute atomic E-state index is 0.000931. The van der Waals surface area contributed by atoms with Crippen LogP contribution in [0.1, 0.15) is 37.8 Å². The van der Waals surface area contributed by atoms with Gasteiger partial charge in [0.15, 0.2) is 28.4 Å². The van der Waals surface area contributed by atoms with Crippen LogP contribution in [0.15, 0.2) is 18.2 Å². The van der Waals surface area contributed by atoms with E-state index in [4.69, 9.17) is 16.3 Å². The fraction of sp³-hybridized carbons (Fsp3) is 0.450. The second-order valence-electron chi connectivity index (χ2n) is 7.48. The first-order valence-electron chi connectivity index (χ1n) is 9.54. The van der Waals surface area contributed by atoms with Gasteiger partial charge in [0.2, 0.25) is 5.91 Å². The molecule has 1 unspecified atom stereocenters. The van der Waals surface area contributed by atoms with Gasteiger partial charge in [0.1, 0.15) is 11.9 Å². The predicted molar refractivity (Wildman–Crippen MR) is 106 cm³/mol. The monoisotopic (exact) mass is 422 g/mol. The lowest BCUT2D eigenvalue weighted by Gasteiger charge is -2.35. The molecule has 1 saturated heterocycles. The van der Waals surface area contributed by atoms with Crippen LogP contribution in [0.25, 0.3) is 0 Å². The highest BCUT2D eigenvalue weighted by atomic mass is 35.5. The summed E-state index contributed by atoms with van der Waals surface area (Å²) in [6, 6.07) is 3.29. The van der Waals surface area contributed by atoms with E-state index < -0.39 is 11.6 Å². The van der Waals surface area contributed by atoms with E-state index in [0.717, 1.165) is 11.8 Å². The Balaban J connectivity index is 1.48. The van der Waals surface area contributed by atoms with E-state index in [2.05, 4.69) is 9.97 Å². The van der Waals surface area contributed by atoms with Gasteiger partial charge in [0.05, 0.1) is 5.69 Å². The summed E-state index contributed by atoms with van der Waals surface area (Å²) in [5.74, 6) is -0.254. The van der Waals surface area contributed by atoms with Gasteiger partial charge in [0.25, 0.3) is 0 Å². The summed E-state index contributed by atoms with van der Waals surface area (Å²) >= 11 is 6.41. The molecule has 2 aliphatic heterocycles. The van der Waals surface area contributed by atoms with Crippen LogP contribution in [0, 0.1) is 11.6 Å². The Morgan fingerprint density at radius 1 is 1.17 bits per heavy atom. The molecular weight excluding hydrogens is 402 g/mol. The lowest BCUT2D eigenvalue weighted by atomic mass is 9.98. The Kier molecular flexibility index (Phi) is 5.29. The number of anilines is 2. The molecule has 1 aromatic heterocycles. The standard InChI is InChI=1S/C20H21ClF2N4O2/c1-11-9-16(28)26(2)19-17(11)24-18(21)20(25-19)27-7-5-13(6-8-27)29-15-4-3-12(22)10-14(15)23/h3-4,10-11,13H,5-9H2,1-2H3. The number of hydrogen-bond acceptors (Lipinski definition) is 5. The zero-order chi connectivity index (χ0) is 20.7. The Hall–Kier alpha value is -2.48. The average molecular weight is 423 g/mol. The van der Waals surface area contributed by atoms with Crippen molar-refractivity contribution in [2.45, 2.75) is 38.2 Å².